The Morgan fingerprint density at radius 2 is 2.40 bits per heavy atom. The van der Waals surface area contributed by atoms with Gasteiger partial charge in [-0.15, -0.1) is 11.3 Å². The highest BCUT2D eigenvalue weighted by Gasteiger charge is 2.00. The smallest absolute Gasteiger partial charge is 0.184 e. The minimum atomic E-state index is 0.432. The molecule has 4 heteroatoms. The van der Waals surface area contributed by atoms with Gasteiger partial charge in [0.1, 0.15) is 0 Å². The Bertz CT molecular complexity index is 551. The molecule has 0 aliphatic carbocycles. The lowest BCUT2D eigenvalue weighted by Crippen LogP contribution is -1.71. The summed E-state index contributed by atoms with van der Waals surface area (Å²) in [7, 11) is 0. The van der Waals surface area contributed by atoms with Gasteiger partial charge < -0.3 is 0 Å². The highest BCUT2D eigenvalue weighted by Crippen LogP contribution is 2.26. The van der Waals surface area contributed by atoms with Gasteiger partial charge in [-0.05, 0) is 17.7 Å². The molecule has 0 aliphatic heterocycles. The van der Waals surface area contributed by atoms with Crippen molar-refractivity contribution in [2.75, 3.05) is 0 Å². The number of aromatic nitrogens is 1. The summed E-state index contributed by atoms with van der Waals surface area (Å²) in [6.45, 7) is 0. The van der Waals surface area contributed by atoms with Crippen molar-refractivity contribution in [3.63, 3.8) is 0 Å². The first-order valence-corrected chi connectivity index (χ1v) is 5.58. The van der Waals surface area contributed by atoms with E-state index in [1.165, 1.54) is 11.3 Å². The maximum Gasteiger partial charge on any atom is 0.184 e. The molecule has 0 radical (unpaired) electrons. The fourth-order valence-corrected chi connectivity index (χ4v) is 2.34. The van der Waals surface area contributed by atoms with Gasteiger partial charge in [-0.25, -0.2) is 4.98 Å². The summed E-state index contributed by atoms with van der Waals surface area (Å²) in [5, 5.41) is 8.39. The number of halogens is 1. The van der Waals surface area contributed by atoms with E-state index in [4.69, 9.17) is 16.9 Å². The van der Waals surface area contributed by atoms with Crippen LogP contribution in [0.1, 0.15) is 12.0 Å². The molecule has 0 N–H and O–H groups in total. The van der Waals surface area contributed by atoms with E-state index in [1.54, 1.807) is 0 Å². The van der Waals surface area contributed by atoms with Gasteiger partial charge >= 0.3 is 0 Å². The molecular formula is C11H7ClN2S. The van der Waals surface area contributed by atoms with Crippen molar-refractivity contribution in [3.05, 3.63) is 34.3 Å². The molecule has 2 rings (SSSR count). The Morgan fingerprint density at radius 3 is 3.20 bits per heavy atom. The van der Waals surface area contributed by atoms with Gasteiger partial charge in [0, 0.05) is 0 Å². The van der Waals surface area contributed by atoms with E-state index in [9.17, 15) is 0 Å². The molecule has 0 spiro atoms. The number of thiazole rings is 1. The fourth-order valence-electron chi connectivity index (χ4n) is 1.26. The van der Waals surface area contributed by atoms with Crippen molar-refractivity contribution in [3.8, 4) is 6.07 Å². The monoisotopic (exact) mass is 234 g/mol. The van der Waals surface area contributed by atoms with E-state index in [1.807, 2.05) is 30.4 Å². The normalized spacial score (nSPS) is 10.9. The highest BCUT2D eigenvalue weighted by molar-refractivity contribution is 7.22. The molecule has 0 bridgehead atoms. The van der Waals surface area contributed by atoms with Crippen LogP contribution < -0.4 is 0 Å². The lowest BCUT2D eigenvalue weighted by atomic mass is 10.2. The van der Waals surface area contributed by atoms with Gasteiger partial charge in [-0.1, -0.05) is 29.8 Å². The Balaban J connectivity index is 2.34. The third-order valence-electron chi connectivity index (χ3n) is 1.91. The van der Waals surface area contributed by atoms with Gasteiger partial charge in [0.05, 0.1) is 22.7 Å². The molecule has 0 unspecified atom stereocenters. The van der Waals surface area contributed by atoms with E-state index in [2.05, 4.69) is 11.1 Å². The van der Waals surface area contributed by atoms with Gasteiger partial charge in [0.25, 0.3) is 0 Å². The van der Waals surface area contributed by atoms with Gasteiger partial charge in [-0.3, -0.25) is 0 Å². The summed E-state index contributed by atoms with van der Waals surface area (Å²) in [5.74, 6) is 0. The molecule has 1 aromatic carbocycles. The van der Waals surface area contributed by atoms with E-state index in [0.717, 1.165) is 15.8 Å². The van der Waals surface area contributed by atoms with E-state index < -0.39 is 0 Å². The highest BCUT2D eigenvalue weighted by atomic mass is 35.5. The van der Waals surface area contributed by atoms with Crippen LogP contribution in [0.15, 0.2) is 24.3 Å². The zero-order valence-corrected chi connectivity index (χ0v) is 9.35. The van der Waals surface area contributed by atoms with Gasteiger partial charge in [0.15, 0.2) is 4.47 Å². The van der Waals surface area contributed by atoms with Crippen molar-refractivity contribution < 1.29 is 0 Å². The van der Waals surface area contributed by atoms with Crippen LogP contribution in [0, 0.1) is 11.3 Å². The SMILES string of the molecule is N#CCC=Cc1ccc2nc(Cl)sc2c1. The van der Waals surface area contributed by atoms with Gasteiger partial charge in [0.2, 0.25) is 0 Å². The minimum Gasteiger partial charge on any atom is -0.225 e. The average Bonchev–Trinajstić information content (AvgIpc) is 2.57. The molecule has 1 heterocycles. The molecule has 0 amide bonds. The van der Waals surface area contributed by atoms with Crippen LogP contribution in [-0.2, 0) is 0 Å². The predicted octanol–water partition coefficient (Wildman–Crippen LogP) is 3.88. The molecule has 0 atom stereocenters. The Hall–Kier alpha value is -1.37. The molecule has 15 heavy (non-hydrogen) atoms. The van der Waals surface area contributed by atoms with Crippen LogP contribution in [0.25, 0.3) is 16.3 Å². The van der Waals surface area contributed by atoms with E-state index in [0.29, 0.717) is 10.9 Å². The summed E-state index contributed by atoms with van der Waals surface area (Å²) >= 11 is 7.27. The van der Waals surface area contributed by atoms with Crippen LogP contribution in [-0.4, -0.2) is 4.98 Å². The van der Waals surface area contributed by atoms with Crippen LogP contribution in [0.3, 0.4) is 0 Å². The number of rotatable bonds is 2. The van der Waals surface area contributed by atoms with Crippen molar-refractivity contribution in [2.45, 2.75) is 6.42 Å². The number of nitrogens with zero attached hydrogens (tertiary/aromatic N) is 2. The van der Waals surface area contributed by atoms with Gasteiger partial charge in [-0.2, -0.15) is 5.26 Å². The average molecular weight is 235 g/mol. The lowest BCUT2D eigenvalue weighted by Gasteiger charge is -1.91. The second kappa shape index (κ2) is 4.43. The number of fused-ring (bicyclic) bond motifs is 1. The minimum absolute atomic E-state index is 0.432. The number of benzene rings is 1. The lowest BCUT2D eigenvalue weighted by molar-refractivity contribution is 1.36. The maximum atomic E-state index is 8.39. The van der Waals surface area contributed by atoms with Crippen LogP contribution >= 0.6 is 22.9 Å². The molecule has 74 valence electrons. The second-order valence-corrected chi connectivity index (χ2v) is 4.57. The Morgan fingerprint density at radius 1 is 1.53 bits per heavy atom. The first-order valence-electron chi connectivity index (χ1n) is 4.39. The molecule has 2 aromatic rings. The first-order chi connectivity index (χ1) is 7.29. The first kappa shape index (κ1) is 10.2. The second-order valence-electron chi connectivity index (χ2n) is 2.96. The number of hydrogen-bond acceptors (Lipinski definition) is 3. The summed E-state index contributed by atoms with van der Waals surface area (Å²) < 4.78 is 1.63. The largest absolute Gasteiger partial charge is 0.225 e. The van der Waals surface area contributed by atoms with Crippen LogP contribution in [0.4, 0.5) is 0 Å². The topological polar surface area (TPSA) is 36.7 Å². The number of nitriles is 1. The zero-order valence-electron chi connectivity index (χ0n) is 7.77. The molecule has 0 aliphatic rings. The Kier molecular flexibility index (Phi) is 3.00. The molecule has 0 fully saturated rings. The molecule has 0 saturated heterocycles. The van der Waals surface area contributed by atoms with Crippen LogP contribution in [0.5, 0.6) is 0 Å². The molecule has 0 saturated carbocycles. The standard InChI is InChI=1S/C11H7ClN2S/c12-11-14-9-5-4-8(3-1-2-6-13)7-10(9)15-11/h1,3-5,7H,2H2. The molecule has 1 aromatic heterocycles. The molecule has 2 nitrogen and oxygen atoms in total. The number of allylic oxidation sites excluding steroid dienone is 1. The summed E-state index contributed by atoms with van der Waals surface area (Å²) in [4.78, 5) is 4.16. The van der Waals surface area contributed by atoms with Crippen LogP contribution in [0.2, 0.25) is 4.47 Å². The quantitative estimate of drug-likeness (QED) is 0.791. The fraction of sp³-hybridized carbons (Fsp3) is 0.0909. The third kappa shape index (κ3) is 2.35. The van der Waals surface area contributed by atoms with Crippen molar-refractivity contribution >= 4 is 39.2 Å². The predicted molar refractivity (Wildman–Crippen MR) is 63.9 cm³/mol. The summed E-state index contributed by atoms with van der Waals surface area (Å²) in [6, 6.07) is 7.98. The summed E-state index contributed by atoms with van der Waals surface area (Å²) in [6.07, 6.45) is 4.20. The summed E-state index contributed by atoms with van der Waals surface area (Å²) in [5.41, 5.74) is 1.99. The third-order valence-corrected chi connectivity index (χ3v) is 3.03. The molecular weight excluding hydrogens is 228 g/mol. The van der Waals surface area contributed by atoms with Crippen molar-refractivity contribution in [1.82, 2.24) is 4.98 Å². The number of hydrogen-bond donors (Lipinski definition) is 0. The Labute approximate surface area is 96.4 Å². The maximum absolute atomic E-state index is 8.39. The van der Waals surface area contributed by atoms with E-state index in [-0.39, 0.29) is 0 Å². The van der Waals surface area contributed by atoms with Crippen molar-refractivity contribution in [1.29, 1.82) is 5.26 Å². The zero-order chi connectivity index (χ0) is 10.7. The van der Waals surface area contributed by atoms with E-state index >= 15 is 0 Å². The van der Waals surface area contributed by atoms with Crippen molar-refractivity contribution in [2.24, 2.45) is 0 Å².